The third-order valence-corrected chi connectivity index (χ3v) is 2.41. The van der Waals surface area contributed by atoms with Gasteiger partial charge >= 0.3 is 0 Å². The van der Waals surface area contributed by atoms with E-state index < -0.39 is 0 Å². The molecule has 0 saturated carbocycles. The van der Waals surface area contributed by atoms with Crippen LogP contribution in [0.25, 0.3) is 11.1 Å². The number of pyridine rings is 1. The van der Waals surface area contributed by atoms with Gasteiger partial charge in [-0.25, -0.2) is 4.39 Å². The Morgan fingerprint density at radius 2 is 2.06 bits per heavy atom. The topological polar surface area (TPSA) is 33.1 Å². The molecule has 0 atom stereocenters. The fraction of sp³-hybridized carbons (Fsp3) is 0.154. The van der Waals surface area contributed by atoms with Crippen molar-refractivity contribution >= 4 is 0 Å². The highest BCUT2D eigenvalue weighted by atomic mass is 19.1. The number of hydrogen-bond donors (Lipinski definition) is 1. The lowest BCUT2D eigenvalue weighted by molar-refractivity contribution is 0.281. The van der Waals surface area contributed by atoms with Gasteiger partial charge in [0.05, 0.1) is 6.61 Å². The minimum atomic E-state index is -0.275. The van der Waals surface area contributed by atoms with E-state index in [9.17, 15) is 4.39 Å². The zero-order valence-corrected chi connectivity index (χ0v) is 8.94. The molecule has 3 heteroatoms. The first kappa shape index (κ1) is 10.8. The van der Waals surface area contributed by atoms with E-state index in [0.29, 0.717) is 16.7 Å². The maximum atomic E-state index is 13.6. The van der Waals surface area contributed by atoms with Crippen LogP contribution in [0.3, 0.4) is 0 Å². The number of rotatable bonds is 2. The molecule has 0 spiro atoms. The van der Waals surface area contributed by atoms with Gasteiger partial charge < -0.3 is 5.11 Å². The maximum absolute atomic E-state index is 13.6. The molecule has 16 heavy (non-hydrogen) atoms. The first-order chi connectivity index (χ1) is 7.70. The lowest BCUT2D eigenvalue weighted by Crippen LogP contribution is -1.90. The smallest absolute Gasteiger partial charge is 0.131 e. The van der Waals surface area contributed by atoms with Crippen LogP contribution in [0.2, 0.25) is 0 Å². The zero-order valence-electron chi connectivity index (χ0n) is 8.94. The quantitative estimate of drug-likeness (QED) is 0.839. The summed E-state index contributed by atoms with van der Waals surface area (Å²) in [5.41, 5.74) is 2.87. The number of benzene rings is 1. The second-order valence-electron chi connectivity index (χ2n) is 3.72. The average molecular weight is 217 g/mol. The Morgan fingerprint density at radius 3 is 2.81 bits per heavy atom. The van der Waals surface area contributed by atoms with Crippen molar-refractivity contribution in [3.05, 3.63) is 53.6 Å². The summed E-state index contributed by atoms with van der Waals surface area (Å²) in [5.74, 6) is -0.275. The van der Waals surface area contributed by atoms with Crippen molar-refractivity contribution in [2.75, 3.05) is 0 Å². The summed E-state index contributed by atoms with van der Waals surface area (Å²) >= 11 is 0. The maximum Gasteiger partial charge on any atom is 0.131 e. The largest absolute Gasteiger partial charge is 0.392 e. The van der Waals surface area contributed by atoms with Gasteiger partial charge in [-0.2, -0.15) is 0 Å². The molecule has 0 radical (unpaired) electrons. The molecule has 1 N–H and O–H groups in total. The molecular formula is C13H12FNO. The van der Waals surface area contributed by atoms with Crippen LogP contribution in [0.5, 0.6) is 0 Å². The minimum absolute atomic E-state index is 0.0890. The molecule has 2 aromatic rings. The van der Waals surface area contributed by atoms with Gasteiger partial charge in [0.15, 0.2) is 0 Å². The van der Waals surface area contributed by atoms with Gasteiger partial charge in [0.25, 0.3) is 0 Å². The van der Waals surface area contributed by atoms with Gasteiger partial charge in [-0.1, -0.05) is 11.6 Å². The van der Waals surface area contributed by atoms with Crippen LogP contribution in [0.15, 0.2) is 36.7 Å². The molecule has 0 saturated heterocycles. The summed E-state index contributed by atoms with van der Waals surface area (Å²) in [7, 11) is 0. The number of nitrogens with zero attached hydrogens (tertiary/aromatic N) is 1. The number of aromatic nitrogens is 1. The first-order valence-electron chi connectivity index (χ1n) is 5.02. The van der Waals surface area contributed by atoms with E-state index in [4.69, 9.17) is 5.11 Å². The van der Waals surface area contributed by atoms with E-state index in [-0.39, 0.29) is 12.4 Å². The third-order valence-electron chi connectivity index (χ3n) is 2.41. The normalized spacial score (nSPS) is 10.4. The van der Waals surface area contributed by atoms with Crippen molar-refractivity contribution in [2.24, 2.45) is 0 Å². The predicted molar refractivity (Wildman–Crippen MR) is 60.3 cm³/mol. The molecule has 2 rings (SSSR count). The highest BCUT2D eigenvalue weighted by molar-refractivity contribution is 5.64. The van der Waals surface area contributed by atoms with Crippen LogP contribution in [-0.2, 0) is 6.61 Å². The van der Waals surface area contributed by atoms with E-state index >= 15 is 0 Å². The Labute approximate surface area is 93.4 Å². The second kappa shape index (κ2) is 4.41. The zero-order chi connectivity index (χ0) is 11.5. The third kappa shape index (κ3) is 2.09. The Bertz CT molecular complexity index is 511. The Kier molecular flexibility index (Phi) is 2.97. The van der Waals surface area contributed by atoms with Gasteiger partial charge in [0.2, 0.25) is 0 Å². The van der Waals surface area contributed by atoms with Crippen molar-refractivity contribution in [2.45, 2.75) is 13.5 Å². The van der Waals surface area contributed by atoms with E-state index in [1.807, 2.05) is 6.92 Å². The number of aryl methyl sites for hydroxylation is 1. The number of aliphatic hydroxyl groups is 1. The molecule has 1 heterocycles. The second-order valence-corrected chi connectivity index (χ2v) is 3.72. The van der Waals surface area contributed by atoms with Crippen LogP contribution in [-0.4, -0.2) is 10.1 Å². The van der Waals surface area contributed by atoms with Crippen molar-refractivity contribution in [1.29, 1.82) is 0 Å². The van der Waals surface area contributed by atoms with Crippen molar-refractivity contribution in [1.82, 2.24) is 4.98 Å². The van der Waals surface area contributed by atoms with Crippen LogP contribution in [0.1, 0.15) is 11.1 Å². The van der Waals surface area contributed by atoms with Crippen LogP contribution >= 0.6 is 0 Å². The van der Waals surface area contributed by atoms with Gasteiger partial charge in [-0.15, -0.1) is 0 Å². The Morgan fingerprint density at radius 1 is 1.25 bits per heavy atom. The van der Waals surface area contributed by atoms with Crippen LogP contribution in [0, 0.1) is 12.7 Å². The van der Waals surface area contributed by atoms with Crippen molar-refractivity contribution < 1.29 is 9.50 Å². The lowest BCUT2D eigenvalue weighted by atomic mass is 10.0. The monoisotopic (exact) mass is 217 g/mol. The Hall–Kier alpha value is -1.74. The van der Waals surface area contributed by atoms with Gasteiger partial charge in [-0.3, -0.25) is 4.98 Å². The van der Waals surface area contributed by atoms with Gasteiger partial charge in [0, 0.05) is 23.5 Å². The van der Waals surface area contributed by atoms with E-state index in [0.717, 1.165) is 5.56 Å². The molecular weight excluding hydrogens is 205 g/mol. The summed E-state index contributed by atoms with van der Waals surface area (Å²) in [4.78, 5) is 3.98. The molecule has 0 aliphatic rings. The standard InChI is InChI=1S/C13H12FNO/c1-9-2-3-13(14)12(4-9)11-5-10(8-16)6-15-7-11/h2-7,16H,8H2,1H3. The highest BCUT2D eigenvalue weighted by Gasteiger charge is 2.06. The van der Waals surface area contributed by atoms with Crippen molar-refractivity contribution in [3.63, 3.8) is 0 Å². The predicted octanol–water partition coefficient (Wildman–Crippen LogP) is 2.69. The number of halogens is 1. The summed E-state index contributed by atoms with van der Waals surface area (Å²) in [5, 5.41) is 9.00. The summed E-state index contributed by atoms with van der Waals surface area (Å²) in [6.45, 7) is 1.82. The first-order valence-corrected chi connectivity index (χ1v) is 5.02. The molecule has 1 aromatic heterocycles. The molecule has 0 aliphatic carbocycles. The summed E-state index contributed by atoms with van der Waals surface area (Å²) in [6, 6.07) is 6.68. The molecule has 0 bridgehead atoms. The minimum Gasteiger partial charge on any atom is -0.392 e. The fourth-order valence-electron chi connectivity index (χ4n) is 1.58. The summed E-state index contributed by atoms with van der Waals surface area (Å²) in [6.07, 6.45) is 3.16. The molecule has 0 aliphatic heterocycles. The number of hydrogen-bond acceptors (Lipinski definition) is 2. The van der Waals surface area contributed by atoms with E-state index in [1.165, 1.54) is 6.07 Å². The molecule has 2 nitrogen and oxygen atoms in total. The van der Waals surface area contributed by atoms with Gasteiger partial charge in [0.1, 0.15) is 5.82 Å². The van der Waals surface area contributed by atoms with Crippen LogP contribution in [0.4, 0.5) is 4.39 Å². The molecule has 0 amide bonds. The Balaban J connectivity index is 2.53. The fourth-order valence-corrected chi connectivity index (χ4v) is 1.58. The highest BCUT2D eigenvalue weighted by Crippen LogP contribution is 2.23. The lowest BCUT2D eigenvalue weighted by Gasteiger charge is -2.05. The molecule has 1 aromatic carbocycles. The van der Waals surface area contributed by atoms with Gasteiger partial charge in [-0.05, 0) is 30.7 Å². The van der Waals surface area contributed by atoms with E-state index in [1.54, 1.807) is 30.6 Å². The summed E-state index contributed by atoms with van der Waals surface area (Å²) < 4.78 is 13.6. The average Bonchev–Trinajstić information content (AvgIpc) is 2.32. The van der Waals surface area contributed by atoms with Crippen LogP contribution < -0.4 is 0 Å². The number of aliphatic hydroxyl groups excluding tert-OH is 1. The molecule has 82 valence electrons. The molecule has 0 unspecified atom stereocenters. The molecule has 0 fully saturated rings. The SMILES string of the molecule is Cc1ccc(F)c(-c2cncc(CO)c2)c1. The van der Waals surface area contributed by atoms with Crippen molar-refractivity contribution in [3.8, 4) is 11.1 Å². The van der Waals surface area contributed by atoms with E-state index in [2.05, 4.69) is 4.98 Å².